The van der Waals surface area contributed by atoms with E-state index in [1.165, 1.54) is 0 Å². The molecule has 3 heterocycles. The number of carbonyl (C=O) groups is 1. The lowest BCUT2D eigenvalue weighted by Crippen LogP contribution is -2.14. The first-order valence-corrected chi connectivity index (χ1v) is 8.34. The predicted molar refractivity (Wildman–Crippen MR) is 102 cm³/mol. The van der Waals surface area contributed by atoms with Crippen molar-refractivity contribution in [2.24, 2.45) is 7.05 Å². The standard InChI is InChI=1S/C20H16N6O/c1-26-13-22-25-19(26)14-5-2-7-16(11-14)23-20(27)18-9-3-8-17(24-18)15-6-4-10-21-12-15/h2-13H,1H3,(H,23,27). The molecule has 0 fully saturated rings. The third-order valence-corrected chi connectivity index (χ3v) is 4.03. The predicted octanol–water partition coefficient (Wildman–Crippen LogP) is 3.19. The van der Waals surface area contributed by atoms with Gasteiger partial charge in [-0.1, -0.05) is 18.2 Å². The van der Waals surface area contributed by atoms with Gasteiger partial charge in [0.05, 0.1) is 5.69 Å². The minimum atomic E-state index is -0.282. The van der Waals surface area contributed by atoms with Crippen LogP contribution in [0.25, 0.3) is 22.6 Å². The van der Waals surface area contributed by atoms with E-state index in [4.69, 9.17) is 0 Å². The number of amides is 1. The summed E-state index contributed by atoms with van der Waals surface area (Å²) in [6, 6.07) is 16.5. The summed E-state index contributed by atoms with van der Waals surface area (Å²) < 4.78 is 1.82. The van der Waals surface area contributed by atoms with Crippen LogP contribution in [0.3, 0.4) is 0 Å². The van der Waals surface area contributed by atoms with Crippen LogP contribution in [0.5, 0.6) is 0 Å². The summed E-state index contributed by atoms with van der Waals surface area (Å²) >= 11 is 0. The van der Waals surface area contributed by atoms with Gasteiger partial charge >= 0.3 is 0 Å². The summed E-state index contributed by atoms with van der Waals surface area (Å²) in [5.74, 6) is 0.443. The Morgan fingerprint density at radius 2 is 1.89 bits per heavy atom. The quantitative estimate of drug-likeness (QED) is 0.607. The lowest BCUT2D eigenvalue weighted by Gasteiger charge is -2.08. The van der Waals surface area contributed by atoms with E-state index in [9.17, 15) is 4.79 Å². The molecule has 0 saturated carbocycles. The molecule has 1 amide bonds. The van der Waals surface area contributed by atoms with E-state index in [-0.39, 0.29) is 5.91 Å². The third-order valence-electron chi connectivity index (χ3n) is 4.03. The maximum atomic E-state index is 12.6. The third kappa shape index (κ3) is 3.57. The highest BCUT2D eigenvalue weighted by atomic mass is 16.1. The van der Waals surface area contributed by atoms with E-state index in [0.717, 1.165) is 17.0 Å². The van der Waals surface area contributed by atoms with Gasteiger partial charge in [-0.2, -0.15) is 0 Å². The smallest absolute Gasteiger partial charge is 0.274 e. The van der Waals surface area contributed by atoms with Crippen molar-refractivity contribution >= 4 is 11.6 Å². The molecular weight excluding hydrogens is 340 g/mol. The number of hydrogen-bond acceptors (Lipinski definition) is 5. The van der Waals surface area contributed by atoms with Gasteiger partial charge in [0.1, 0.15) is 12.0 Å². The van der Waals surface area contributed by atoms with Crippen LogP contribution in [-0.4, -0.2) is 30.6 Å². The Morgan fingerprint density at radius 1 is 1.04 bits per heavy atom. The number of nitrogens with zero attached hydrogens (tertiary/aromatic N) is 5. The van der Waals surface area contributed by atoms with Gasteiger partial charge in [-0.3, -0.25) is 9.78 Å². The fourth-order valence-corrected chi connectivity index (χ4v) is 2.71. The summed E-state index contributed by atoms with van der Waals surface area (Å²) in [7, 11) is 1.87. The molecule has 3 aromatic heterocycles. The van der Waals surface area contributed by atoms with Gasteiger partial charge in [0, 0.05) is 36.3 Å². The maximum Gasteiger partial charge on any atom is 0.274 e. The van der Waals surface area contributed by atoms with Crippen molar-refractivity contribution in [3.05, 3.63) is 79.0 Å². The first kappa shape index (κ1) is 16.6. The minimum Gasteiger partial charge on any atom is -0.321 e. The van der Waals surface area contributed by atoms with Crippen LogP contribution in [0.1, 0.15) is 10.5 Å². The molecule has 4 rings (SSSR count). The second-order valence-electron chi connectivity index (χ2n) is 5.95. The molecule has 0 saturated heterocycles. The van der Waals surface area contributed by atoms with E-state index >= 15 is 0 Å². The highest BCUT2D eigenvalue weighted by Crippen LogP contribution is 2.21. The van der Waals surface area contributed by atoms with Gasteiger partial charge in [0.2, 0.25) is 0 Å². The molecule has 0 radical (unpaired) electrons. The van der Waals surface area contributed by atoms with Gasteiger partial charge in [-0.25, -0.2) is 4.98 Å². The van der Waals surface area contributed by atoms with Crippen LogP contribution in [-0.2, 0) is 7.05 Å². The van der Waals surface area contributed by atoms with Crippen molar-refractivity contribution < 1.29 is 4.79 Å². The molecule has 1 N–H and O–H groups in total. The number of nitrogens with one attached hydrogen (secondary N) is 1. The molecule has 4 aromatic rings. The number of benzene rings is 1. The minimum absolute atomic E-state index is 0.282. The maximum absolute atomic E-state index is 12.6. The molecule has 0 bridgehead atoms. The van der Waals surface area contributed by atoms with E-state index in [1.54, 1.807) is 30.9 Å². The highest BCUT2D eigenvalue weighted by Gasteiger charge is 2.11. The molecule has 0 spiro atoms. The van der Waals surface area contributed by atoms with Crippen LogP contribution >= 0.6 is 0 Å². The number of hydrogen-bond donors (Lipinski definition) is 1. The van der Waals surface area contributed by atoms with E-state index in [0.29, 0.717) is 17.1 Å². The first-order valence-electron chi connectivity index (χ1n) is 8.34. The largest absolute Gasteiger partial charge is 0.321 e. The number of aromatic nitrogens is 5. The Bertz CT molecular complexity index is 1090. The normalized spacial score (nSPS) is 10.6. The van der Waals surface area contributed by atoms with Crippen LogP contribution in [0.15, 0.2) is 73.3 Å². The van der Waals surface area contributed by atoms with Gasteiger partial charge in [0.25, 0.3) is 5.91 Å². The van der Waals surface area contributed by atoms with Crippen LogP contribution in [0, 0.1) is 0 Å². The number of anilines is 1. The topological polar surface area (TPSA) is 85.6 Å². The van der Waals surface area contributed by atoms with Crippen LogP contribution in [0.4, 0.5) is 5.69 Å². The Kier molecular flexibility index (Phi) is 4.40. The van der Waals surface area contributed by atoms with Crippen molar-refractivity contribution in [3.8, 4) is 22.6 Å². The van der Waals surface area contributed by atoms with E-state index in [1.807, 2.05) is 54.1 Å². The summed E-state index contributed by atoms with van der Waals surface area (Å²) in [4.78, 5) is 21.2. The Labute approximate surface area is 155 Å². The molecule has 0 unspecified atom stereocenters. The van der Waals surface area contributed by atoms with Gasteiger partial charge in [-0.15, -0.1) is 10.2 Å². The Morgan fingerprint density at radius 3 is 2.67 bits per heavy atom. The molecule has 0 atom stereocenters. The number of rotatable bonds is 4. The molecule has 0 aliphatic carbocycles. The van der Waals surface area contributed by atoms with Gasteiger partial charge < -0.3 is 9.88 Å². The number of aryl methyl sites for hydroxylation is 1. The highest BCUT2D eigenvalue weighted by molar-refractivity contribution is 6.03. The molecular formula is C20H16N6O. The fraction of sp³-hybridized carbons (Fsp3) is 0.0500. The second-order valence-corrected chi connectivity index (χ2v) is 5.95. The molecule has 1 aromatic carbocycles. The summed E-state index contributed by atoms with van der Waals surface area (Å²) in [6.45, 7) is 0. The van der Waals surface area contributed by atoms with Crippen molar-refractivity contribution in [1.29, 1.82) is 0 Å². The summed E-state index contributed by atoms with van der Waals surface area (Å²) in [5.41, 5.74) is 3.42. The van der Waals surface area contributed by atoms with E-state index < -0.39 is 0 Å². The van der Waals surface area contributed by atoms with E-state index in [2.05, 4.69) is 25.5 Å². The zero-order valence-electron chi connectivity index (χ0n) is 14.6. The Balaban J connectivity index is 1.57. The van der Waals surface area contributed by atoms with Crippen LogP contribution < -0.4 is 5.32 Å². The molecule has 7 nitrogen and oxygen atoms in total. The molecule has 0 aliphatic rings. The van der Waals surface area contributed by atoms with Crippen molar-refractivity contribution in [2.45, 2.75) is 0 Å². The molecule has 7 heteroatoms. The molecule has 132 valence electrons. The average molecular weight is 356 g/mol. The number of pyridine rings is 2. The average Bonchev–Trinajstić information content (AvgIpc) is 3.15. The lowest BCUT2D eigenvalue weighted by molar-refractivity contribution is 0.102. The summed E-state index contributed by atoms with van der Waals surface area (Å²) in [5, 5.41) is 10.9. The zero-order valence-corrected chi connectivity index (χ0v) is 14.6. The zero-order chi connectivity index (χ0) is 18.6. The van der Waals surface area contributed by atoms with Gasteiger partial charge in [0.15, 0.2) is 5.82 Å². The van der Waals surface area contributed by atoms with Crippen molar-refractivity contribution in [2.75, 3.05) is 5.32 Å². The SMILES string of the molecule is Cn1cnnc1-c1cccc(NC(=O)c2cccc(-c3cccnc3)n2)c1. The van der Waals surface area contributed by atoms with Crippen LogP contribution in [0.2, 0.25) is 0 Å². The summed E-state index contributed by atoms with van der Waals surface area (Å²) in [6.07, 6.45) is 5.05. The van der Waals surface area contributed by atoms with Crippen molar-refractivity contribution in [1.82, 2.24) is 24.7 Å². The molecule has 0 aliphatic heterocycles. The first-order chi connectivity index (χ1) is 13.2. The lowest BCUT2D eigenvalue weighted by atomic mass is 10.1. The second kappa shape index (κ2) is 7.17. The monoisotopic (exact) mass is 356 g/mol. The number of carbonyl (C=O) groups excluding carboxylic acids is 1. The van der Waals surface area contributed by atoms with Crippen molar-refractivity contribution in [3.63, 3.8) is 0 Å². The molecule has 27 heavy (non-hydrogen) atoms. The fourth-order valence-electron chi connectivity index (χ4n) is 2.71. The Hall–Kier alpha value is -3.87. The van der Waals surface area contributed by atoms with Gasteiger partial charge in [-0.05, 0) is 36.4 Å².